The van der Waals surface area contributed by atoms with Gasteiger partial charge in [0, 0.05) is 28.3 Å². The van der Waals surface area contributed by atoms with Crippen LogP contribution in [-0.4, -0.2) is 30.2 Å². The first-order valence-corrected chi connectivity index (χ1v) is 9.30. The van der Waals surface area contributed by atoms with E-state index in [4.69, 9.17) is 0 Å². The van der Waals surface area contributed by atoms with Crippen molar-refractivity contribution < 1.29 is 12.6 Å². The molecule has 0 bridgehead atoms. The van der Waals surface area contributed by atoms with E-state index in [2.05, 4.69) is 4.72 Å². The van der Waals surface area contributed by atoms with Gasteiger partial charge in [0.1, 0.15) is 0 Å². The number of sulfonamides is 1. The van der Waals surface area contributed by atoms with Crippen molar-refractivity contribution in [1.82, 2.24) is 4.72 Å². The van der Waals surface area contributed by atoms with Gasteiger partial charge in [-0.25, -0.2) is 13.1 Å². The molecular formula is C13H19NO3S2. The third kappa shape index (κ3) is 3.64. The zero-order chi connectivity index (χ0) is 14.0. The molecule has 0 aliphatic carbocycles. The van der Waals surface area contributed by atoms with Crippen LogP contribution in [0.1, 0.15) is 24.0 Å². The summed E-state index contributed by atoms with van der Waals surface area (Å²) in [5.41, 5.74) is 2.04. The summed E-state index contributed by atoms with van der Waals surface area (Å²) in [4.78, 5) is 0.308. The van der Waals surface area contributed by atoms with Crippen LogP contribution < -0.4 is 4.72 Å². The molecule has 0 unspecified atom stereocenters. The molecule has 106 valence electrons. The first kappa shape index (κ1) is 14.7. The molecule has 1 aromatic carbocycles. The fraction of sp³-hybridized carbons (Fsp3) is 0.538. The van der Waals surface area contributed by atoms with E-state index < -0.39 is 20.8 Å². The molecule has 1 saturated heterocycles. The molecule has 19 heavy (non-hydrogen) atoms. The van der Waals surface area contributed by atoms with Crippen LogP contribution in [0.2, 0.25) is 0 Å². The van der Waals surface area contributed by atoms with Gasteiger partial charge in [-0.2, -0.15) is 0 Å². The molecule has 1 aromatic rings. The minimum absolute atomic E-state index is 0.0932. The summed E-state index contributed by atoms with van der Waals surface area (Å²) in [5, 5.41) is 0. The molecule has 1 fully saturated rings. The molecular weight excluding hydrogens is 282 g/mol. The maximum Gasteiger partial charge on any atom is 0.240 e. The summed E-state index contributed by atoms with van der Waals surface area (Å²) >= 11 is 0. The summed E-state index contributed by atoms with van der Waals surface area (Å²) in [6, 6.07) is 5.05. The molecule has 6 heteroatoms. The van der Waals surface area contributed by atoms with E-state index >= 15 is 0 Å². The first-order chi connectivity index (χ1) is 8.88. The van der Waals surface area contributed by atoms with Crippen molar-refractivity contribution >= 4 is 20.8 Å². The van der Waals surface area contributed by atoms with E-state index in [0.29, 0.717) is 29.2 Å². The van der Waals surface area contributed by atoms with Gasteiger partial charge < -0.3 is 0 Å². The van der Waals surface area contributed by atoms with Gasteiger partial charge in [0.05, 0.1) is 4.90 Å². The van der Waals surface area contributed by atoms with Gasteiger partial charge in [-0.3, -0.25) is 4.21 Å². The summed E-state index contributed by atoms with van der Waals surface area (Å²) < 4.78 is 38.5. The van der Waals surface area contributed by atoms with Crippen molar-refractivity contribution in [2.45, 2.75) is 37.6 Å². The topological polar surface area (TPSA) is 63.2 Å². The second-order valence-electron chi connectivity index (χ2n) is 4.99. The summed E-state index contributed by atoms with van der Waals surface area (Å²) in [5.74, 6) is 1.17. The van der Waals surface area contributed by atoms with Crippen molar-refractivity contribution in [2.24, 2.45) is 0 Å². The molecule has 1 aliphatic heterocycles. The first-order valence-electron chi connectivity index (χ1n) is 6.33. The van der Waals surface area contributed by atoms with Gasteiger partial charge in [0.2, 0.25) is 10.0 Å². The molecule has 1 aliphatic rings. The van der Waals surface area contributed by atoms with E-state index in [0.717, 1.165) is 11.1 Å². The van der Waals surface area contributed by atoms with Crippen molar-refractivity contribution in [2.75, 3.05) is 11.5 Å². The van der Waals surface area contributed by atoms with E-state index in [9.17, 15) is 12.6 Å². The highest BCUT2D eigenvalue weighted by molar-refractivity contribution is 7.89. The number of hydrogen-bond acceptors (Lipinski definition) is 3. The highest BCUT2D eigenvalue weighted by atomic mass is 32.2. The lowest BCUT2D eigenvalue weighted by molar-refractivity contribution is 0.522. The fourth-order valence-electron chi connectivity index (χ4n) is 2.08. The summed E-state index contributed by atoms with van der Waals surface area (Å²) in [6.45, 7) is 3.85. The predicted molar refractivity (Wildman–Crippen MR) is 77.1 cm³/mol. The van der Waals surface area contributed by atoms with Crippen molar-refractivity contribution in [3.8, 4) is 0 Å². The third-order valence-corrected chi connectivity index (χ3v) is 6.40. The lowest BCUT2D eigenvalue weighted by Gasteiger charge is -2.22. The Morgan fingerprint density at radius 1 is 1.16 bits per heavy atom. The molecule has 2 rings (SSSR count). The van der Waals surface area contributed by atoms with Gasteiger partial charge in [0.25, 0.3) is 0 Å². The molecule has 0 radical (unpaired) electrons. The number of nitrogens with one attached hydrogen (secondary N) is 1. The second kappa shape index (κ2) is 5.73. The van der Waals surface area contributed by atoms with Gasteiger partial charge in [-0.05, 0) is 49.9 Å². The molecule has 1 N–H and O–H groups in total. The van der Waals surface area contributed by atoms with Crippen LogP contribution >= 0.6 is 0 Å². The van der Waals surface area contributed by atoms with Gasteiger partial charge in [-0.15, -0.1) is 0 Å². The van der Waals surface area contributed by atoms with Crippen LogP contribution in [0.15, 0.2) is 23.1 Å². The second-order valence-corrected chi connectivity index (χ2v) is 8.40. The Hall–Kier alpha value is -0.720. The molecule has 4 nitrogen and oxygen atoms in total. The Labute approximate surface area is 117 Å². The van der Waals surface area contributed by atoms with E-state index in [1.807, 2.05) is 19.9 Å². The minimum atomic E-state index is -3.47. The standard InChI is InChI=1S/C13H19NO3S2/c1-10-3-4-13(9-11(10)2)19(16,17)14-12-5-7-18(15)8-6-12/h3-4,9,12,14H,5-8H2,1-2H3. The molecule has 0 amide bonds. The molecule has 0 saturated carbocycles. The lowest BCUT2D eigenvalue weighted by Crippen LogP contribution is -2.39. The predicted octanol–water partition coefficient (Wildman–Crippen LogP) is 1.49. The Balaban J connectivity index is 2.13. The van der Waals surface area contributed by atoms with Gasteiger partial charge >= 0.3 is 0 Å². The van der Waals surface area contributed by atoms with Gasteiger partial charge in [0.15, 0.2) is 0 Å². The number of benzene rings is 1. The van der Waals surface area contributed by atoms with Crippen LogP contribution in [-0.2, 0) is 20.8 Å². The summed E-state index contributed by atoms with van der Waals surface area (Å²) in [7, 11) is -4.24. The van der Waals surface area contributed by atoms with Gasteiger partial charge in [-0.1, -0.05) is 6.07 Å². The monoisotopic (exact) mass is 301 g/mol. The SMILES string of the molecule is Cc1ccc(S(=O)(=O)NC2CCS(=O)CC2)cc1C. The van der Waals surface area contributed by atoms with Crippen LogP contribution in [0.3, 0.4) is 0 Å². The average Bonchev–Trinajstić information content (AvgIpc) is 2.35. The molecule has 0 atom stereocenters. The average molecular weight is 301 g/mol. The Kier molecular flexibility index (Phi) is 4.43. The largest absolute Gasteiger partial charge is 0.260 e. The van der Waals surface area contributed by atoms with Crippen LogP contribution in [0.4, 0.5) is 0 Å². The summed E-state index contributed by atoms with van der Waals surface area (Å²) in [6.07, 6.45) is 1.30. The quantitative estimate of drug-likeness (QED) is 0.920. The Morgan fingerprint density at radius 3 is 2.37 bits per heavy atom. The maximum atomic E-state index is 12.3. The Bertz CT molecular complexity index is 586. The third-order valence-electron chi connectivity index (χ3n) is 3.50. The van der Waals surface area contributed by atoms with Crippen molar-refractivity contribution in [1.29, 1.82) is 0 Å². The number of aryl methyl sites for hydroxylation is 2. The van der Waals surface area contributed by atoms with Crippen LogP contribution in [0, 0.1) is 13.8 Å². The van der Waals surface area contributed by atoms with Crippen LogP contribution in [0.25, 0.3) is 0 Å². The smallest absolute Gasteiger partial charge is 0.240 e. The minimum Gasteiger partial charge on any atom is -0.260 e. The zero-order valence-corrected chi connectivity index (χ0v) is 12.8. The van der Waals surface area contributed by atoms with E-state index in [-0.39, 0.29) is 6.04 Å². The lowest BCUT2D eigenvalue weighted by atomic mass is 10.1. The molecule has 0 aromatic heterocycles. The molecule has 1 heterocycles. The maximum absolute atomic E-state index is 12.3. The van der Waals surface area contributed by atoms with Crippen molar-refractivity contribution in [3.63, 3.8) is 0 Å². The molecule has 0 spiro atoms. The van der Waals surface area contributed by atoms with Crippen LogP contribution in [0.5, 0.6) is 0 Å². The number of rotatable bonds is 3. The van der Waals surface area contributed by atoms with E-state index in [1.165, 1.54) is 0 Å². The normalized spacial score (nSPS) is 24.3. The highest BCUT2D eigenvalue weighted by Gasteiger charge is 2.24. The van der Waals surface area contributed by atoms with Crippen molar-refractivity contribution in [3.05, 3.63) is 29.3 Å². The zero-order valence-electron chi connectivity index (χ0n) is 11.2. The fourth-order valence-corrected chi connectivity index (χ4v) is 4.77. The highest BCUT2D eigenvalue weighted by Crippen LogP contribution is 2.17. The van der Waals surface area contributed by atoms with E-state index in [1.54, 1.807) is 12.1 Å². The number of hydrogen-bond donors (Lipinski definition) is 1. The Morgan fingerprint density at radius 2 is 1.79 bits per heavy atom.